The highest BCUT2D eigenvalue weighted by Gasteiger charge is 2.10. The van der Waals surface area contributed by atoms with E-state index in [2.05, 4.69) is 15.6 Å². The molecule has 0 aliphatic rings. The standard InChI is InChI=1S/C21H20ClN3O3/c1-13(2)21(27)25-15-7-5-14(6-8-15)24-19(26)12-28-18-10-9-17(22)16-4-3-11-23-20(16)18/h3-11,13H,12H2,1-2H3,(H,24,26)(H,25,27). The van der Waals surface area contributed by atoms with Gasteiger partial charge in [0.15, 0.2) is 6.61 Å². The molecule has 3 aromatic rings. The topological polar surface area (TPSA) is 80.3 Å². The summed E-state index contributed by atoms with van der Waals surface area (Å²) < 4.78 is 5.62. The fourth-order valence-corrected chi connectivity index (χ4v) is 2.71. The van der Waals surface area contributed by atoms with Crippen LogP contribution in [0, 0.1) is 5.92 Å². The van der Waals surface area contributed by atoms with Crippen molar-refractivity contribution < 1.29 is 14.3 Å². The van der Waals surface area contributed by atoms with E-state index in [4.69, 9.17) is 16.3 Å². The first-order valence-electron chi connectivity index (χ1n) is 8.81. The molecule has 2 amide bonds. The molecule has 0 fully saturated rings. The molecule has 0 saturated carbocycles. The summed E-state index contributed by atoms with van der Waals surface area (Å²) in [6.45, 7) is 3.48. The molecule has 144 valence electrons. The van der Waals surface area contributed by atoms with Crippen molar-refractivity contribution in [3.63, 3.8) is 0 Å². The maximum atomic E-state index is 12.2. The Hall–Kier alpha value is -3.12. The van der Waals surface area contributed by atoms with E-state index in [1.165, 1.54) is 0 Å². The Bertz CT molecular complexity index is 1000. The number of nitrogens with one attached hydrogen (secondary N) is 2. The van der Waals surface area contributed by atoms with E-state index in [0.29, 0.717) is 27.7 Å². The van der Waals surface area contributed by atoms with Crippen LogP contribution in [0.25, 0.3) is 10.9 Å². The predicted molar refractivity (Wildman–Crippen MR) is 111 cm³/mol. The van der Waals surface area contributed by atoms with Gasteiger partial charge in [0.05, 0.1) is 5.02 Å². The van der Waals surface area contributed by atoms with E-state index in [1.807, 2.05) is 19.9 Å². The lowest BCUT2D eigenvalue weighted by atomic mass is 10.2. The monoisotopic (exact) mass is 397 g/mol. The number of amides is 2. The third-order valence-corrected chi connectivity index (χ3v) is 4.33. The van der Waals surface area contributed by atoms with Gasteiger partial charge < -0.3 is 15.4 Å². The zero-order valence-electron chi connectivity index (χ0n) is 15.5. The van der Waals surface area contributed by atoms with E-state index >= 15 is 0 Å². The van der Waals surface area contributed by atoms with Gasteiger partial charge in [0.2, 0.25) is 5.91 Å². The number of pyridine rings is 1. The quantitative estimate of drug-likeness (QED) is 0.641. The van der Waals surface area contributed by atoms with Crippen molar-refractivity contribution in [3.05, 3.63) is 59.8 Å². The Morgan fingerprint density at radius 1 is 1.04 bits per heavy atom. The van der Waals surface area contributed by atoms with Gasteiger partial charge in [-0.25, -0.2) is 0 Å². The Balaban J connectivity index is 1.59. The highest BCUT2D eigenvalue weighted by molar-refractivity contribution is 6.35. The molecule has 0 unspecified atom stereocenters. The minimum Gasteiger partial charge on any atom is -0.481 e. The number of hydrogen-bond acceptors (Lipinski definition) is 4. The van der Waals surface area contributed by atoms with Crippen molar-refractivity contribution in [1.29, 1.82) is 0 Å². The van der Waals surface area contributed by atoms with E-state index in [0.717, 1.165) is 5.39 Å². The lowest BCUT2D eigenvalue weighted by Gasteiger charge is -2.11. The predicted octanol–water partition coefficient (Wildman–Crippen LogP) is 4.50. The number of hydrogen-bond donors (Lipinski definition) is 2. The summed E-state index contributed by atoms with van der Waals surface area (Å²) in [5.41, 5.74) is 1.88. The fraction of sp³-hybridized carbons (Fsp3) is 0.190. The van der Waals surface area contributed by atoms with Crippen LogP contribution < -0.4 is 15.4 Å². The molecule has 3 rings (SSSR count). The third-order valence-electron chi connectivity index (χ3n) is 4.00. The van der Waals surface area contributed by atoms with E-state index in [-0.39, 0.29) is 24.3 Å². The summed E-state index contributed by atoms with van der Waals surface area (Å²) in [7, 11) is 0. The average Bonchev–Trinajstić information content (AvgIpc) is 2.69. The first-order chi connectivity index (χ1) is 13.4. The van der Waals surface area contributed by atoms with E-state index in [1.54, 1.807) is 48.7 Å². The number of halogens is 1. The molecular weight excluding hydrogens is 378 g/mol. The highest BCUT2D eigenvalue weighted by atomic mass is 35.5. The summed E-state index contributed by atoms with van der Waals surface area (Å²) in [6, 6.07) is 13.9. The Kier molecular flexibility index (Phi) is 6.11. The summed E-state index contributed by atoms with van der Waals surface area (Å²) >= 11 is 6.16. The van der Waals surface area contributed by atoms with Crippen LogP contribution in [-0.4, -0.2) is 23.4 Å². The maximum absolute atomic E-state index is 12.2. The normalized spacial score (nSPS) is 10.7. The zero-order valence-corrected chi connectivity index (χ0v) is 16.3. The molecule has 2 N–H and O–H groups in total. The van der Waals surface area contributed by atoms with Crippen LogP contribution >= 0.6 is 11.6 Å². The first kappa shape index (κ1) is 19.6. The van der Waals surface area contributed by atoms with Crippen molar-refractivity contribution in [3.8, 4) is 5.75 Å². The third kappa shape index (κ3) is 4.78. The SMILES string of the molecule is CC(C)C(=O)Nc1ccc(NC(=O)COc2ccc(Cl)c3cccnc23)cc1. The number of fused-ring (bicyclic) bond motifs is 1. The van der Waals surface area contributed by atoms with Crippen LogP contribution in [0.3, 0.4) is 0 Å². The molecule has 0 saturated heterocycles. The molecule has 0 spiro atoms. The minimum absolute atomic E-state index is 0.0611. The number of aromatic nitrogens is 1. The van der Waals surface area contributed by atoms with Crippen molar-refractivity contribution in [2.45, 2.75) is 13.8 Å². The van der Waals surface area contributed by atoms with Gasteiger partial charge in [-0.05, 0) is 48.5 Å². The number of benzene rings is 2. The lowest BCUT2D eigenvalue weighted by Crippen LogP contribution is -2.20. The number of anilines is 2. The second-order valence-corrected chi connectivity index (χ2v) is 6.91. The number of carbonyl (C=O) groups excluding carboxylic acids is 2. The van der Waals surface area contributed by atoms with Gasteiger partial charge in [-0.15, -0.1) is 0 Å². The molecule has 0 radical (unpaired) electrons. The van der Waals surface area contributed by atoms with Gasteiger partial charge in [0.1, 0.15) is 11.3 Å². The van der Waals surface area contributed by atoms with Gasteiger partial charge in [-0.1, -0.05) is 25.4 Å². The summed E-state index contributed by atoms with van der Waals surface area (Å²) in [6.07, 6.45) is 1.64. The van der Waals surface area contributed by atoms with Gasteiger partial charge in [-0.3, -0.25) is 14.6 Å². The van der Waals surface area contributed by atoms with E-state index in [9.17, 15) is 9.59 Å². The fourth-order valence-electron chi connectivity index (χ4n) is 2.49. The van der Waals surface area contributed by atoms with Crippen molar-refractivity contribution in [2.75, 3.05) is 17.2 Å². The molecule has 1 aromatic heterocycles. The number of rotatable bonds is 6. The van der Waals surface area contributed by atoms with Crippen LogP contribution in [0.4, 0.5) is 11.4 Å². The van der Waals surface area contributed by atoms with Crippen LogP contribution in [0.15, 0.2) is 54.7 Å². The Morgan fingerprint density at radius 3 is 2.39 bits per heavy atom. The zero-order chi connectivity index (χ0) is 20.1. The highest BCUT2D eigenvalue weighted by Crippen LogP contribution is 2.29. The molecule has 6 nitrogen and oxygen atoms in total. The van der Waals surface area contributed by atoms with E-state index < -0.39 is 0 Å². The number of carbonyl (C=O) groups is 2. The number of nitrogens with zero attached hydrogens (tertiary/aromatic N) is 1. The summed E-state index contributed by atoms with van der Waals surface area (Å²) in [5, 5.41) is 6.89. The van der Waals surface area contributed by atoms with Crippen molar-refractivity contribution >= 4 is 45.7 Å². The molecule has 7 heteroatoms. The largest absolute Gasteiger partial charge is 0.481 e. The molecular formula is C21H20ClN3O3. The number of ether oxygens (including phenoxy) is 1. The van der Waals surface area contributed by atoms with Crippen molar-refractivity contribution in [1.82, 2.24) is 4.98 Å². The Labute approximate surface area is 167 Å². The van der Waals surface area contributed by atoms with Gasteiger partial charge in [0, 0.05) is 28.9 Å². The smallest absolute Gasteiger partial charge is 0.262 e. The van der Waals surface area contributed by atoms with Gasteiger partial charge >= 0.3 is 0 Å². The molecule has 2 aromatic carbocycles. The summed E-state index contributed by atoms with van der Waals surface area (Å²) in [5.74, 6) is 0.0174. The Morgan fingerprint density at radius 2 is 1.71 bits per heavy atom. The molecule has 0 aliphatic heterocycles. The maximum Gasteiger partial charge on any atom is 0.262 e. The molecule has 28 heavy (non-hydrogen) atoms. The van der Waals surface area contributed by atoms with Crippen LogP contribution in [0.5, 0.6) is 5.75 Å². The van der Waals surface area contributed by atoms with Gasteiger partial charge in [0.25, 0.3) is 5.91 Å². The minimum atomic E-state index is -0.307. The molecule has 0 aliphatic carbocycles. The second kappa shape index (κ2) is 8.71. The average molecular weight is 398 g/mol. The van der Waals surface area contributed by atoms with Crippen LogP contribution in [-0.2, 0) is 9.59 Å². The van der Waals surface area contributed by atoms with Crippen molar-refractivity contribution in [2.24, 2.45) is 5.92 Å². The lowest BCUT2D eigenvalue weighted by molar-refractivity contribution is -0.119. The summed E-state index contributed by atoms with van der Waals surface area (Å²) in [4.78, 5) is 28.2. The van der Waals surface area contributed by atoms with Crippen LogP contribution in [0.2, 0.25) is 5.02 Å². The molecule has 0 bridgehead atoms. The van der Waals surface area contributed by atoms with Gasteiger partial charge in [-0.2, -0.15) is 0 Å². The van der Waals surface area contributed by atoms with Crippen LogP contribution in [0.1, 0.15) is 13.8 Å². The first-order valence-corrected chi connectivity index (χ1v) is 9.18. The molecule has 1 heterocycles. The molecule has 0 atom stereocenters. The second-order valence-electron chi connectivity index (χ2n) is 6.50.